The summed E-state index contributed by atoms with van der Waals surface area (Å²) < 4.78 is 11.9. The highest BCUT2D eigenvalue weighted by Gasteiger charge is 2.12. The van der Waals surface area contributed by atoms with Crippen molar-refractivity contribution >= 4 is 23.0 Å². The fraction of sp³-hybridized carbons (Fsp3) is 0.462. The first-order valence-corrected chi connectivity index (χ1v) is 6.61. The number of hydrogen-bond donors (Lipinski definition) is 0. The normalized spacial score (nSPS) is 10.6. The maximum absolute atomic E-state index is 12.3. The van der Waals surface area contributed by atoms with E-state index in [0.717, 1.165) is 0 Å². The summed E-state index contributed by atoms with van der Waals surface area (Å²) in [6.07, 6.45) is 2.97. The van der Waals surface area contributed by atoms with Gasteiger partial charge in [0.15, 0.2) is 5.65 Å². The number of esters is 2. The zero-order valence-electron chi connectivity index (χ0n) is 12.3. The highest BCUT2D eigenvalue weighted by atomic mass is 16.5. The number of aromatic nitrogens is 4. The van der Waals surface area contributed by atoms with Crippen LogP contribution in [0.3, 0.4) is 0 Å². The fourth-order valence-electron chi connectivity index (χ4n) is 1.93. The van der Waals surface area contributed by atoms with Crippen LogP contribution in [-0.2, 0) is 32.2 Å². The standard InChI is InChI=1S/C13H16N4O5/c1-21-10(18)3-5-16-8-14-12-9(13(16)20)7-15-17(12)6-4-11(19)22-2/h7-8H,3-6H2,1-2H3. The second kappa shape index (κ2) is 6.83. The van der Waals surface area contributed by atoms with Crippen molar-refractivity contribution in [3.05, 3.63) is 22.9 Å². The molecule has 0 saturated heterocycles. The monoisotopic (exact) mass is 308 g/mol. The molecule has 2 aromatic heterocycles. The Morgan fingerprint density at radius 1 is 1.14 bits per heavy atom. The number of rotatable bonds is 6. The van der Waals surface area contributed by atoms with Crippen molar-refractivity contribution in [2.45, 2.75) is 25.9 Å². The van der Waals surface area contributed by atoms with Gasteiger partial charge in [-0.1, -0.05) is 0 Å². The molecule has 0 atom stereocenters. The van der Waals surface area contributed by atoms with E-state index in [2.05, 4.69) is 19.6 Å². The zero-order valence-corrected chi connectivity index (χ0v) is 12.3. The van der Waals surface area contributed by atoms with Crippen LogP contribution in [0, 0.1) is 0 Å². The highest BCUT2D eigenvalue weighted by Crippen LogP contribution is 2.07. The molecule has 2 aromatic rings. The molecule has 9 heteroatoms. The molecule has 0 spiro atoms. The Morgan fingerprint density at radius 2 is 1.77 bits per heavy atom. The van der Waals surface area contributed by atoms with Gasteiger partial charge < -0.3 is 9.47 Å². The molecule has 118 valence electrons. The molecule has 9 nitrogen and oxygen atoms in total. The van der Waals surface area contributed by atoms with E-state index in [0.29, 0.717) is 11.0 Å². The van der Waals surface area contributed by atoms with E-state index < -0.39 is 5.97 Å². The molecular weight excluding hydrogens is 292 g/mol. The van der Waals surface area contributed by atoms with Crippen LogP contribution in [-0.4, -0.2) is 45.5 Å². The van der Waals surface area contributed by atoms with Gasteiger partial charge in [-0.15, -0.1) is 0 Å². The predicted octanol–water partition coefficient (Wildman–Crippen LogP) is -0.281. The lowest BCUT2D eigenvalue weighted by atomic mass is 10.4. The van der Waals surface area contributed by atoms with Gasteiger partial charge in [0, 0.05) is 6.54 Å². The van der Waals surface area contributed by atoms with Crippen LogP contribution < -0.4 is 5.56 Å². The van der Waals surface area contributed by atoms with Crippen molar-refractivity contribution in [3.8, 4) is 0 Å². The van der Waals surface area contributed by atoms with E-state index >= 15 is 0 Å². The van der Waals surface area contributed by atoms with Gasteiger partial charge in [-0.05, 0) is 0 Å². The molecule has 0 unspecified atom stereocenters. The van der Waals surface area contributed by atoms with Crippen molar-refractivity contribution < 1.29 is 19.1 Å². The van der Waals surface area contributed by atoms with Gasteiger partial charge in [0.05, 0.1) is 46.1 Å². The van der Waals surface area contributed by atoms with E-state index in [1.54, 1.807) is 0 Å². The Morgan fingerprint density at radius 3 is 2.41 bits per heavy atom. The third kappa shape index (κ3) is 3.30. The summed E-state index contributed by atoms with van der Waals surface area (Å²) in [7, 11) is 2.60. The van der Waals surface area contributed by atoms with Crippen molar-refractivity contribution in [1.29, 1.82) is 0 Å². The summed E-state index contributed by atoms with van der Waals surface area (Å²) in [5.74, 6) is -0.768. The molecule has 0 radical (unpaired) electrons. The number of hydrogen-bond acceptors (Lipinski definition) is 7. The molecule has 0 aliphatic heterocycles. The summed E-state index contributed by atoms with van der Waals surface area (Å²) in [6.45, 7) is 0.455. The van der Waals surface area contributed by atoms with E-state index in [-0.39, 0.29) is 37.5 Å². The van der Waals surface area contributed by atoms with Gasteiger partial charge in [-0.25, -0.2) is 9.67 Å². The molecule has 0 bridgehead atoms. The smallest absolute Gasteiger partial charge is 0.307 e. The second-order valence-electron chi connectivity index (χ2n) is 4.50. The molecule has 0 aliphatic carbocycles. The number of fused-ring (bicyclic) bond motifs is 1. The Kier molecular flexibility index (Phi) is 4.87. The SMILES string of the molecule is COC(=O)CCn1cnc2c(cnn2CCC(=O)OC)c1=O. The van der Waals surface area contributed by atoms with Crippen LogP contribution in [0.25, 0.3) is 11.0 Å². The minimum Gasteiger partial charge on any atom is -0.469 e. The largest absolute Gasteiger partial charge is 0.469 e. The van der Waals surface area contributed by atoms with Crippen molar-refractivity contribution in [2.75, 3.05) is 14.2 Å². The van der Waals surface area contributed by atoms with E-state index in [9.17, 15) is 14.4 Å². The highest BCUT2D eigenvalue weighted by molar-refractivity contribution is 5.74. The van der Waals surface area contributed by atoms with Crippen molar-refractivity contribution in [1.82, 2.24) is 19.3 Å². The Labute approximate surface area is 125 Å². The first kappa shape index (κ1) is 15.7. The number of methoxy groups -OCH3 is 2. The average Bonchev–Trinajstić information content (AvgIpc) is 2.95. The second-order valence-corrected chi connectivity index (χ2v) is 4.50. The number of ether oxygens (including phenoxy) is 2. The van der Waals surface area contributed by atoms with Gasteiger partial charge >= 0.3 is 11.9 Å². The minimum absolute atomic E-state index is 0.0834. The third-order valence-corrected chi connectivity index (χ3v) is 3.16. The van der Waals surface area contributed by atoms with Crippen LogP contribution in [0.1, 0.15) is 12.8 Å². The van der Waals surface area contributed by atoms with E-state index in [1.165, 1.54) is 36.0 Å². The Bertz CT molecular complexity index is 748. The first-order chi connectivity index (χ1) is 10.6. The molecule has 0 aromatic carbocycles. The van der Waals surface area contributed by atoms with E-state index in [4.69, 9.17) is 0 Å². The molecule has 0 aliphatic rings. The summed E-state index contributed by atoms with van der Waals surface area (Å²) in [4.78, 5) is 38.7. The number of carbonyl (C=O) groups is 2. The molecule has 22 heavy (non-hydrogen) atoms. The topological polar surface area (TPSA) is 105 Å². The van der Waals surface area contributed by atoms with Gasteiger partial charge in [0.2, 0.25) is 0 Å². The maximum Gasteiger partial charge on any atom is 0.307 e. The number of carbonyl (C=O) groups excluding carboxylic acids is 2. The molecule has 2 rings (SSSR count). The predicted molar refractivity (Wildman–Crippen MR) is 75.1 cm³/mol. The quantitative estimate of drug-likeness (QED) is 0.676. The molecule has 2 heterocycles. The molecule has 0 N–H and O–H groups in total. The van der Waals surface area contributed by atoms with Crippen LogP contribution in [0.15, 0.2) is 17.3 Å². The molecule has 0 amide bonds. The zero-order chi connectivity index (χ0) is 16.1. The van der Waals surface area contributed by atoms with Crippen LogP contribution in [0.5, 0.6) is 0 Å². The fourth-order valence-corrected chi connectivity index (χ4v) is 1.93. The number of nitrogens with zero attached hydrogens (tertiary/aromatic N) is 4. The van der Waals surface area contributed by atoms with Gasteiger partial charge in [-0.2, -0.15) is 5.10 Å². The lowest BCUT2D eigenvalue weighted by molar-refractivity contribution is -0.141. The summed E-state index contributed by atoms with van der Waals surface area (Å²) in [5.41, 5.74) is 0.0986. The molecular formula is C13H16N4O5. The average molecular weight is 308 g/mol. The summed E-state index contributed by atoms with van der Waals surface area (Å²) in [6, 6.07) is 0. The van der Waals surface area contributed by atoms with Gasteiger partial charge in [0.1, 0.15) is 5.39 Å². The van der Waals surface area contributed by atoms with Crippen LogP contribution >= 0.6 is 0 Å². The van der Waals surface area contributed by atoms with Gasteiger partial charge in [-0.3, -0.25) is 19.0 Å². The van der Waals surface area contributed by atoms with E-state index in [1.807, 2.05) is 0 Å². The lowest BCUT2D eigenvalue weighted by Gasteiger charge is -2.05. The van der Waals surface area contributed by atoms with Gasteiger partial charge in [0.25, 0.3) is 5.56 Å². The first-order valence-electron chi connectivity index (χ1n) is 6.61. The van der Waals surface area contributed by atoms with Crippen molar-refractivity contribution in [2.24, 2.45) is 0 Å². The van der Waals surface area contributed by atoms with Crippen LogP contribution in [0.4, 0.5) is 0 Å². The molecule has 0 saturated carbocycles. The summed E-state index contributed by atoms with van der Waals surface area (Å²) >= 11 is 0. The Balaban J connectivity index is 2.21. The minimum atomic E-state index is -0.402. The Hall–Kier alpha value is -2.71. The maximum atomic E-state index is 12.3. The van der Waals surface area contributed by atoms with Crippen molar-refractivity contribution in [3.63, 3.8) is 0 Å². The lowest BCUT2D eigenvalue weighted by Crippen LogP contribution is -2.22. The summed E-state index contributed by atoms with van der Waals surface area (Å²) in [5, 5.41) is 4.39. The molecule has 0 fully saturated rings. The number of aryl methyl sites for hydroxylation is 2. The third-order valence-electron chi connectivity index (χ3n) is 3.16. The van der Waals surface area contributed by atoms with Crippen LogP contribution in [0.2, 0.25) is 0 Å².